The molecule has 2 aromatic carbocycles. The highest BCUT2D eigenvalue weighted by Gasteiger charge is 2.19. The first-order valence-corrected chi connectivity index (χ1v) is 8.33. The minimum Gasteiger partial charge on any atom is -0.480 e. The molecule has 2 aromatic rings. The van der Waals surface area contributed by atoms with E-state index in [-0.39, 0.29) is 11.6 Å². The van der Waals surface area contributed by atoms with Gasteiger partial charge < -0.3 is 14.8 Å². The highest BCUT2D eigenvalue weighted by Crippen LogP contribution is 2.25. The number of para-hydroxylation sites is 1. The Morgan fingerprint density at radius 3 is 2.48 bits per heavy atom. The maximum Gasteiger partial charge on any atom is 0.344 e. The van der Waals surface area contributed by atoms with E-state index in [1.807, 2.05) is 0 Å². The molecule has 0 saturated heterocycles. The summed E-state index contributed by atoms with van der Waals surface area (Å²) >= 11 is 17.7. The molecular weight excluding hydrogens is 389 g/mol. The molecule has 1 atom stereocenters. The summed E-state index contributed by atoms with van der Waals surface area (Å²) in [6.07, 6.45) is -1.03. The maximum absolute atomic E-state index is 12.1. The predicted octanol–water partition coefficient (Wildman–Crippen LogP) is 4.60. The van der Waals surface area contributed by atoms with E-state index in [4.69, 9.17) is 44.3 Å². The van der Waals surface area contributed by atoms with Gasteiger partial charge in [-0.25, -0.2) is 4.79 Å². The molecule has 0 radical (unpaired) electrons. The van der Waals surface area contributed by atoms with E-state index < -0.39 is 18.0 Å². The first-order chi connectivity index (χ1) is 11.9. The summed E-state index contributed by atoms with van der Waals surface area (Å²) in [7, 11) is 0. The number of hydrogen-bond donors (Lipinski definition) is 1. The first-order valence-electron chi connectivity index (χ1n) is 7.19. The third-order valence-corrected chi connectivity index (χ3v) is 3.91. The molecule has 0 saturated carbocycles. The van der Waals surface area contributed by atoms with Crippen LogP contribution in [0.3, 0.4) is 0 Å². The van der Waals surface area contributed by atoms with Crippen LogP contribution in [0.15, 0.2) is 42.5 Å². The van der Waals surface area contributed by atoms with E-state index in [0.29, 0.717) is 21.5 Å². The zero-order valence-corrected chi connectivity index (χ0v) is 15.4. The third kappa shape index (κ3) is 5.81. The molecule has 5 nitrogen and oxygen atoms in total. The van der Waals surface area contributed by atoms with Gasteiger partial charge in [-0.3, -0.25) is 4.79 Å². The summed E-state index contributed by atoms with van der Waals surface area (Å²) in [5.74, 6) is -0.883. The highest BCUT2D eigenvalue weighted by atomic mass is 35.5. The van der Waals surface area contributed by atoms with Crippen molar-refractivity contribution < 1.29 is 19.1 Å². The summed E-state index contributed by atoms with van der Waals surface area (Å²) in [6.45, 7) is 1.07. The lowest BCUT2D eigenvalue weighted by atomic mass is 10.3. The molecule has 0 aliphatic heterocycles. The van der Waals surface area contributed by atoms with E-state index in [2.05, 4.69) is 5.32 Å². The van der Waals surface area contributed by atoms with Crippen LogP contribution < -0.4 is 10.1 Å². The van der Waals surface area contributed by atoms with Crippen LogP contribution in [0, 0.1) is 0 Å². The van der Waals surface area contributed by atoms with Crippen molar-refractivity contribution in [3.63, 3.8) is 0 Å². The van der Waals surface area contributed by atoms with Crippen LogP contribution in [-0.4, -0.2) is 24.6 Å². The zero-order valence-electron chi connectivity index (χ0n) is 13.1. The molecule has 1 amide bonds. The minimum atomic E-state index is -1.03. The molecule has 0 heterocycles. The number of carbonyl (C=O) groups excluding carboxylic acids is 2. The number of esters is 1. The largest absolute Gasteiger partial charge is 0.480 e. The number of rotatable bonds is 6. The number of hydrogen-bond acceptors (Lipinski definition) is 4. The van der Waals surface area contributed by atoms with E-state index in [0.717, 1.165) is 0 Å². The van der Waals surface area contributed by atoms with Gasteiger partial charge in [-0.1, -0.05) is 46.9 Å². The monoisotopic (exact) mass is 401 g/mol. The van der Waals surface area contributed by atoms with Crippen LogP contribution in [0.25, 0.3) is 0 Å². The number of halogens is 3. The zero-order chi connectivity index (χ0) is 18.4. The fourth-order valence-corrected chi connectivity index (χ4v) is 2.45. The molecule has 0 fully saturated rings. The molecule has 25 heavy (non-hydrogen) atoms. The van der Waals surface area contributed by atoms with Crippen LogP contribution in [0.2, 0.25) is 15.1 Å². The SMILES string of the molecule is C[C@@H](OC(=O)COc1ccccc1Cl)C(=O)Nc1ccc(Cl)cc1Cl. The number of amides is 1. The van der Waals surface area contributed by atoms with Gasteiger partial charge in [0.1, 0.15) is 5.75 Å². The van der Waals surface area contributed by atoms with Gasteiger partial charge in [0.25, 0.3) is 5.91 Å². The molecule has 0 spiro atoms. The van der Waals surface area contributed by atoms with Crippen molar-refractivity contribution in [2.45, 2.75) is 13.0 Å². The Kier molecular flexibility index (Phi) is 6.93. The van der Waals surface area contributed by atoms with Crippen molar-refractivity contribution >= 4 is 52.4 Å². The lowest BCUT2D eigenvalue weighted by Crippen LogP contribution is -2.31. The van der Waals surface area contributed by atoms with Crippen molar-refractivity contribution in [1.29, 1.82) is 0 Å². The second kappa shape index (κ2) is 8.94. The first kappa shape index (κ1) is 19.4. The van der Waals surface area contributed by atoms with Gasteiger partial charge in [0.2, 0.25) is 0 Å². The van der Waals surface area contributed by atoms with Gasteiger partial charge in [-0.2, -0.15) is 0 Å². The Morgan fingerprint density at radius 1 is 1.08 bits per heavy atom. The van der Waals surface area contributed by atoms with Gasteiger partial charge in [0.15, 0.2) is 12.7 Å². The second-order valence-electron chi connectivity index (χ2n) is 4.96. The van der Waals surface area contributed by atoms with Crippen molar-refractivity contribution in [1.82, 2.24) is 0 Å². The van der Waals surface area contributed by atoms with Gasteiger partial charge in [0.05, 0.1) is 15.7 Å². The molecule has 132 valence electrons. The molecule has 0 unspecified atom stereocenters. The number of carbonyl (C=O) groups is 2. The molecule has 2 rings (SSSR count). The van der Waals surface area contributed by atoms with Gasteiger partial charge in [-0.15, -0.1) is 0 Å². The molecular formula is C17H14Cl3NO4. The van der Waals surface area contributed by atoms with Crippen LogP contribution >= 0.6 is 34.8 Å². The number of benzene rings is 2. The van der Waals surface area contributed by atoms with Crippen molar-refractivity contribution in [2.75, 3.05) is 11.9 Å². The smallest absolute Gasteiger partial charge is 0.344 e. The van der Waals surface area contributed by atoms with E-state index in [9.17, 15) is 9.59 Å². The molecule has 1 N–H and O–H groups in total. The molecule has 0 aromatic heterocycles. The van der Waals surface area contributed by atoms with E-state index in [1.165, 1.54) is 13.0 Å². The summed E-state index contributed by atoms with van der Waals surface area (Å²) in [5, 5.41) is 3.65. The minimum absolute atomic E-state index is 0.279. The summed E-state index contributed by atoms with van der Waals surface area (Å²) in [4.78, 5) is 23.9. The van der Waals surface area contributed by atoms with Gasteiger partial charge in [0, 0.05) is 5.02 Å². The van der Waals surface area contributed by atoms with Gasteiger partial charge >= 0.3 is 5.97 Å². The third-order valence-electron chi connectivity index (χ3n) is 3.05. The fourth-order valence-electron chi connectivity index (χ4n) is 1.81. The van der Waals surface area contributed by atoms with Crippen LogP contribution in [0.1, 0.15) is 6.92 Å². The predicted molar refractivity (Wildman–Crippen MR) is 97.6 cm³/mol. The Balaban J connectivity index is 1.85. The average Bonchev–Trinajstić information content (AvgIpc) is 2.56. The average molecular weight is 403 g/mol. The Labute approximate surface area is 159 Å². The number of nitrogens with one attached hydrogen (secondary N) is 1. The quantitative estimate of drug-likeness (QED) is 0.717. The maximum atomic E-state index is 12.1. The van der Waals surface area contributed by atoms with E-state index in [1.54, 1.807) is 36.4 Å². The Morgan fingerprint density at radius 2 is 1.80 bits per heavy atom. The molecule has 0 bridgehead atoms. The van der Waals surface area contributed by atoms with Crippen molar-refractivity contribution in [3.05, 3.63) is 57.5 Å². The summed E-state index contributed by atoms with van der Waals surface area (Å²) < 4.78 is 10.3. The summed E-state index contributed by atoms with van der Waals surface area (Å²) in [5.41, 5.74) is 0.367. The molecule has 0 aliphatic rings. The van der Waals surface area contributed by atoms with Crippen LogP contribution in [0.4, 0.5) is 5.69 Å². The summed E-state index contributed by atoms with van der Waals surface area (Å²) in [6, 6.07) is 11.3. The normalized spacial score (nSPS) is 11.5. The van der Waals surface area contributed by atoms with E-state index >= 15 is 0 Å². The van der Waals surface area contributed by atoms with Crippen molar-refractivity contribution in [3.8, 4) is 5.75 Å². The molecule has 8 heteroatoms. The molecule has 0 aliphatic carbocycles. The number of ether oxygens (including phenoxy) is 2. The lowest BCUT2D eigenvalue weighted by Gasteiger charge is -2.15. The van der Waals surface area contributed by atoms with Crippen LogP contribution in [-0.2, 0) is 14.3 Å². The lowest BCUT2D eigenvalue weighted by molar-refractivity contribution is -0.155. The van der Waals surface area contributed by atoms with Gasteiger partial charge in [-0.05, 0) is 37.3 Å². The Bertz CT molecular complexity index is 782. The Hall–Kier alpha value is -1.95. The van der Waals surface area contributed by atoms with Crippen molar-refractivity contribution in [2.24, 2.45) is 0 Å². The number of anilines is 1. The standard InChI is InChI=1S/C17H14Cl3NO4/c1-10(17(23)21-14-7-6-11(18)8-13(14)20)25-16(22)9-24-15-5-3-2-4-12(15)19/h2-8,10H,9H2,1H3,(H,21,23)/t10-/m1/s1. The topological polar surface area (TPSA) is 64.6 Å². The van der Waals surface area contributed by atoms with Crippen LogP contribution in [0.5, 0.6) is 5.75 Å². The second-order valence-corrected chi connectivity index (χ2v) is 6.22. The fraction of sp³-hybridized carbons (Fsp3) is 0.176. The highest BCUT2D eigenvalue weighted by molar-refractivity contribution is 6.36.